The van der Waals surface area contributed by atoms with Gasteiger partial charge in [-0.2, -0.15) is 0 Å². The van der Waals surface area contributed by atoms with Crippen LogP contribution in [0, 0.1) is 17.8 Å². The van der Waals surface area contributed by atoms with Crippen molar-refractivity contribution in [3.63, 3.8) is 0 Å². The Morgan fingerprint density at radius 1 is 1.12 bits per heavy atom. The molecule has 2 N–H and O–H groups in total. The summed E-state index contributed by atoms with van der Waals surface area (Å²) in [5, 5.41) is 0. The summed E-state index contributed by atoms with van der Waals surface area (Å²) < 4.78 is 0. The quantitative estimate of drug-likeness (QED) is 0.794. The highest BCUT2D eigenvalue weighted by Crippen LogP contribution is 2.43. The molecule has 1 heterocycles. The molecule has 0 aromatic carbocycles. The van der Waals surface area contributed by atoms with Gasteiger partial charge in [-0.05, 0) is 50.4 Å². The summed E-state index contributed by atoms with van der Waals surface area (Å²) in [5.74, 6) is 2.21. The van der Waals surface area contributed by atoms with Crippen molar-refractivity contribution in [3.8, 4) is 0 Å². The minimum atomic E-state index is -0.0163. The predicted octanol–water partition coefficient (Wildman–Crippen LogP) is 1.76. The Morgan fingerprint density at radius 3 is 2.24 bits per heavy atom. The van der Waals surface area contributed by atoms with Crippen LogP contribution in [0.1, 0.15) is 45.4 Å². The third kappa shape index (κ3) is 2.10. The Hall–Kier alpha value is -0.570. The molecule has 0 spiro atoms. The maximum absolute atomic E-state index is 12.3. The van der Waals surface area contributed by atoms with Crippen LogP contribution in [-0.2, 0) is 4.79 Å². The smallest absolute Gasteiger partial charge is 0.225 e. The van der Waals surface area contributed by atoms with Gasteiger partial charge in [-0.1, -0.05) is 6.92 Å². The van der Waals surface area contributed by atoms with Gasteiger partial charge in [0.25, 0.3) is 0 Å². The highest BCUT2D eigenvalue weighted by molar-refractivity contribution is 5.80. The van der Waals surface area contributed by atoms with Gasteiger partial charge in [0.05, 0.1) is 5.54 Å². The second-order valence-corrected chi connectivity index (χ2v) is 6.66. The summed E-state index contributed by atoms with van der Waals surface area (Å²) in [6, 6.07) is 0. The van der Waals surface area contributed by atoms with E-state index < -0.39 is 0 Å². The van der Waals surface area contributed by atoms with Crippen LogP contribution < -0.4 is 5.73 Å². The van der Waals surface area contributed by atoms with E-state index in [1.807, 2.05) is 4.90 Å². The molecule has 2 saturated carbocycles. The van der Waals surface area contributed by atoms with E-state index in [4.69, 9.17) is 5.73 Å². The number of hydrogen-bond donors (Lipinski definition) is 1. The molecule has 1 amide bonds. The minimum absolute atomic E-state index is 0.0163. The fourth-order valence-corrected chi connectivity index (χ4v) is 3.50. The third-order valence-electron chi connectivity index (χ3n) is 5.04. The molecule has 0 aromatic heterocycles. The Morgan fingerprint density at radius 2 is 1.71 bits per heavy atom. The summed E-state index contributed by atoms with van der Waals surface area (Å²) >= 11 is 0. The molecule has 96 valence electrons. The standard InChI is InChI=1S/C14H24N2O/c1-10-2-4-11(5-3-10)13(17)16-8-14(15,9-16)12-6-7-12/h10-12H,2-9,15H2,1H3. The van der Waals surface area contributed by atoms with E-state index in [-0.39, 0.29) is 5.54 Å². The van der Waals surface area contributed by atoms with Crippen LogP contribution in [0.2, 0.25) is 0 Å². The number of rotatable bonds is 2. The van der Waals surface area contributed by atoms with Crippen LogP contribution in [0.3, 0.4) is 0 Å². The monoisotopic (exact) mass is 236 g/mol. The second kappa shape index (κ2) is 3.98. The fraction of sp³-hybridized carbons (Fsp3) is 0.929. The van der Waals surface area contributed by atoms with E-state index in [2.05, 4.69) is 6.92 Å². The molecule has 0 atom stereocenters. The normalized spacial score (nSPS) is 36.5. The number of nitrogens with two attached hydrogens (primary N) is 1. The fourth-order valence-electron chi connectivity index (χ4n) is 3.50. The van der Waals surface area contributed by atoms with Gasteiger partial charge in [-0.25, -0.2) is 0 Å². The van der Waals surface area contributed by atoms with Crippen molar-refractivity contribution in [2.24, 2.45) is 23.5 Å². The zero-order chi connectivity index (χ0) is 12.0. The van der Waals surface area contributed by atoms with Gasteiger partial charge in [-0.15, -0.1) is 0 Å². The lowest BCUT2D eigenvalue weighted by atomic mass is 9.79. The van der Waals surface area contributed by atoms with Crippen LogP contribution >= 0.6 is 0 Å². The average molecular weight is 236 g/mol. The van der Waals surface area contributed by atoms with E-state index in [0.717, 1.165) is 31.8 Å². The van der Waals surface area contributed by atoms with Gasteiger partial charge in [0.2, 0.25) is 5.91 Å². The first kappa shape index (κ1) is 11.5. The van der Waals surface area contributed by atoms with Crippen LogP contribution in [0.15, 0.2) is 0 Å². The molecule has 3 aliphatic rings. The van der Waals surface area contributed by atoms with Gasteiger partial charge >= 0.3 is 0 Å². The number of nitrogens with zero attached hydrogens (tertiary/aromatic N) is 1. The number of carbonyl (C=O) groups excluding carboxylic acids is 1. The topological polar surface area (TPSA) is 46.3 Å². The van der Waals surface area contributed by atoms with E-state index in [9.17, 15) is 4.79 Å². The summed E-state index contributed by atoms with van der Waals surface area (Å²) in [7, 11) is 0. The zero-order valence-electron chi connectivity index (χ0n) is 10.8. The SMILES string of the molecule is CC1CCC(C(=O)N2CC(N)(C3CC3)C2)CC1. The van der Waals surface area contributed by atoms with Crippen molar-refractivity contribution in [3.05, 3.63) is 0 Å². The summed E-state index contributed by atoms with van der Waals surface area (Å²) in [6.45, 7) is 3.94. The molecule has 0 bridgehead atoms. The Bertz CT molecular complexity index is 310. The zero-order valence-corrected chi connectivity index (χ0v) is 10.8. The predicted molar refractivity (Wildman–Crippen MR) is 67.3 cm³/mol. The van der Waals surface area contributed by atoms with E-state index in [1.165, 1.54) is 25.7 Å². The van der Waals surface area contributed by atoms with Crippen molar-refractivity contribution >= 4 is 5.91 Å². The number of amides is 1. The van der Waals surface area contributed by atoms with E-state index in [1.54, 1.807) is 0 Å². The number of carbonyl (C=O) groups is 1. The molecular weight excluding hydrogens is 212 g/mol. The second-order valence-electron chi connectivity index (χ2n) is 6.66. The van der Waals surface area contributed by atoms with Crippen molar-refractivity contribution in [1.82, 2.24) is 4.90 Å². The molecule has 17 heavy (non-hydrogen) atoms. The molecule has 2 aliphatic carbocycles. The average Bonchev–Trinajstić information content (AvgIpc) is 3.09. The first-order valence-corrected chi connectivity index (χ1v) is 7.16. The molecule has 3 rings (SSSR count). The third-order valence-corrected chi connectivity index (χ3v) is 5.04. The summed E-state index contributed by atoms with van der Waals surface area (Å²) in [5.41, 5.74) is 6.28. The molecule has 3 nitrogen and oxygen atoms in total. The van der Waals surface area contributed by atoms with Crippen molar-refractivity contribution in [1.29, 1.82) is 0 Å². The van der Waals surface area contributed by atoms with E-state index in [0.29, 0.717) is 17.7 Å². The lowest BCUT2D eigenvalue weighted by molar-refractivity contribution is -0.145. The molecule has 1 saturated heterocycles. The Balaban J connectivity index is 1.51. The molecule has 3 fully saturated rings. The van der Waals surface area contributed by atoms with Crippen molar-refractivity contribution in [2.75, 3.05) is 13.1 Å². The minimum Gasteiger partial charge on any atom is -0.339 e. The van der Waals surface area contributed by atoms with Gasteiger partial charge < -0.3 is 10.6 Å². The van der Waals surface area contributed by atoms with Crippen LogP contribution in [0.5, 0.6) is 0 Å². The molecule has 0 unspecified atom stereocenters. The maximum atomic E-state index is 12.3. The molecule has 0 aromatic rings. The maximum Gasteiger partial charge on any atom is 0.225 e. The lowest BCUT2D eigenvalue weighted by Crippen LogP contribution is -2.70. The molecular formula is C14H24N2O. The molecule has 3 heteroatoms. The first-order valence-electron chi connectivity index (χ1n) is 7.16. The highest BCUT2D eigenvalue weighted by atomic mass is 16.2. The van der Waals surface area contributed by atoms with Gasteiger partial charge in [0.15, 0.2) is 0 Å². The summed E-state index contributed by atoms with van der Waals surface area (Å²) in [4.78, 5) is 14.3. The van der Waals surface area contributed by atoms with Crippen LogP contribution in [0.4, 0.5) is 0 Å². The highest BCUT2D eigenvalue weighted by Gasteiger charge is 2.52. The van der Waals surface area contributed by atoms with Gasteiger partial charge in [0.1, 0.15) is 0 Å². The summed E-state index contributed by atoms with van der Waals surface area (Å²) in [6.07, 6.45) is 7.19. The first-order chi connectivity index (χ1) is 8.08. The van der Waals surface area contributed by atoms with Crippen LogP contribution in [-0.4, -0.2) is 29.4 Å². The Kier molecular flexibility index (Phi) is 2.69. The van der Waals surface area contributed by atoms with Crippen molar-refractivity contribution in [2.45, 2.75) is 51.0 Å². The lowest BCUT2D eigenvalue weighted by Gasteiger charge is -2.49. The number of likely N-dealkylation sites (tertiary alicyclic amines) is 1. The van der Waals surface area contributed by atoms with Gasteiger partial charge in [0, 0.05) is 19.0 Å². The number of hydrogen-bond acceptors (Lipinski definition) is 2. The van der Waals surface area contributed by atoms with Crippen molar-refractivity contribution < 1.29 is 4.79 Å². The van der Waals surface area contributed by atoms with Crippen LogP contribution in [0.25, 0.3) is 0 Å². The molecule has 0 radical (unpaired) electrons. The van der Waals surface area contributed by atoms with Gasteiger partial charge in [-0.3, -0.25) is 4.79 Å². The molecule has 1 aliphatic heterocycles. The Labute approximate surface area is 104 Å². The van der Waals surface area contributed by atoms with E-state index >= 15 is 0 Å². The largest absolute Gasteiger partial charge is 0.339 e.